The van der Waals surface area contributed by atoms with Gasteiger partial charge in [0.05, 0.1) is 6.07 Å². The molecule has 118 valence electrons. The summed E-state index contributed by atoms with van der Waals surface area (Å²) >= 11 is 0. The molecule has 0 radical (unpaired) electrons. The van der Waals surface area contributed by atoms with Gasteiger partial charge in [0.1, 0.15) is 11.2 Å². The van der Waals surface area contributed by atoms with Crippen LogP contribution in [0.3, 0.4) is 0 Å². The highest BCUT2D eigenvalue weighted by Crippen LogP contribution is 2.37. The van der Waals surface area contributed by atoms with Crippen molar-refractivity contribution in [2.24, 2.45) is 11.3 Å². The zero-order chi connectivity index (χ0) is 15.6. The van der Waals surface area contributed by atoms with Crippen molar-refractivity contribution in [3.8, 4) is 6.07 Å². The molecule has 0 aromatic carbocycles. The third-order valence-corrected chi connectivity index (χ3v) is 5.26. The van der Waals surface area contributed by atoms with Crippen LogP contribution in [-0.2, 0) is 17.8 Å². The van der Waals surface area contributed by atoms with Crippen molar-refractivity contribution in [1.82, 2.24) is 14.5 Å². The van der Waals surface area contributed by atoms with Crippen LogP contribution in [-0.4, -0.2) is 34.0 Å². The van der Waals surface area contributed by atoms with Crippen molar-refractivity contribution in [3.05, 3.63) is 18.2 Å². The lowest BCUT2D eigenvalue weighted by atomic mass is 9.74. The molecule has 1 fully saturated rings. The maximum absolute atomic E-state index is 12.8. The summed E-state index contributed by atoms with van der Waals surface area (Å²) in [5.41, 5.74) is -0.764. The highest BCUT2D eigenvalue weighted by Gasteiger charge is 2.42. The Morgan fingerprint density at radius 3 is 3.00 bits per heavy atom. The number of aryl methyl sites for hydroxylation is 1. The molecule has 0 unspecified atom stereocenters. The molecule has 1 aromatic heterocycles. The van der Waals surface area contributed by atoms with Crippen molar-refractivity contribution in [3.63, 3.8) is 0 Å². The molecule has 1 saturated carbocycles. The molecule has 22 heavy (non-hydrogen) atoms. The topological polar surface area (TPSA) is 61.9 Å². The fourth-order valence-electron chi connectivity index (χ4n) is 3.94. The second kappa shape index (κ2) is 6.12. The number of nitriles is 1. The van der Waals surface area contributed by atoms with Crippen LogP contribution in [0.2, 0.25) is 0 Å². The monoisotopic (exact) mass is 300 g/mol. The molecule has 1 aromatic rings. The predicted molar refractivity (Wildman–Crippen MR) is 82.8 cm³/mol. The zero-order valence-corrected chi connectivity index (χ0v) is 13.3. The van der Waals surface area contributed by atoms with Crippen LogP contribution in [0.25, 0.3) is 0 Å². The Kier molecular flexibility index (Phi) is 4.19. The SMILES string of the molecule is CN(C[C@@H]1CCn2ccnc2C1)C(=O)C1(C#N)CCCCC1. The lowest BCUT2D eigenvalue weighted by molar-refractivity contribution is -0.139. The second-order valence-electron chi connectivity index (χ2n) is 6.84. The Labute approximate surface area is 131 Å². The van der Waals surface area contributed by atoms with Gasteiger partial charge >= 0.3 is 0 Å². The van der Waals surface area contributed by atoms with Gasteiger partial charge in [-0.2, -0.15) is 5.26 Å². The standard InChI is InChI=1S/C17H24N4O/c1-20(16(22)17(13-18)6-3-2-4-7-17)12-14-5-9-21-10-8-19-15(21)11-14/h8,10,14H,2-7,9,11-12H2,1H3/t14-/m1/s1. The van der Waals surface area contributed by atoms with Crippen LogP contribution in [0.15, 0.2) is 12.4 Å². The molecular weight excluding hydrogens is 276 g/mol. The molecular formula is C17H24N4O. The van der Waals surface area contributed by atoms with E-state index in [9.17, 15) is 10.1 Å². The van der Waals surface area contributed by atoms with Crippen molar-refractivity contribution >= 4 is 5.91 Å². The first kappa shape index (κ1) is 15.1. The summed E-state index contributed by atoms with van der Waals surface area (Å²) in [5, 5.41) is 9.56. The third kappa shape index (κ3) is 2.75. The highest BCUT2D eigenvalue weighted by molar-refractivity contribution is 5.85. The van der Waals surface area contributed by atoms with Crippen LogP contribution in [0.5, 0.6) is 0 Å². The van der Waals surface area contributed by atoms with Gasteiger partial charge in [0.2, 0.25) is 5.91 Å². The first-order chi connectivity index (χ1) is 10.6. The fourth-order valence-corrected chi connectivity index (χ4v) is 3.94. The summed E-state index contributed by atoms with van der Waals surface area (Å²) in [6.45, 7) is 1.71. The Morgan fingerprint density at radius 1 is 1.50 bits per heavy atom. The third-order valence-electron chi connectivity index (χ3n) is 5.26. The number of rotatable bonds is 3. The van der Waals surface area contributed by atoms with E-state index >= 15 is 0 Å². The van der Waals surface area contributed by atoms with Crippen molar-refractivity contribution in [2.45, 2.75) is 51.5 Å². The molecule has 0 N–H and O–H groups in total. The summed E-state index contributed by atoms with van der Waals surface area (Å²) in [4.78, 5) is 19.0. The molecule has 2 heterocycles. The van der Waals surface area contributed by atoms with E-state index in [4.69, 9.17) is 0 Å². The van der Waals surface area contributed by atoms with Gasteiger partial charge in [0.25, 0.3) is 0 Å². The Morgan fingerprint density at radius 2 is 2.27 bits per heavy atom. The van der Waals surface area contributed by atoms with Crippen LogP contribution in [0.1, 0.15) is 44.3 Å². The number of hydrogen-bond donors (Lipinski definition) is 0. The number of aromatic nitrogens is 2. The minimum atomic E-state index is -0.764. The molecule has 2 aliphatic rings. The number of fused-ring (bicyclic) bond motifs is 1. The Balaban J connectivity index is 1.63. The number of nitrogens with zero attached hydrogens (tertiary/aromatic N) is 4. The van der Waals surface area contributed by atoms with Crippen molar-refractivity contribution < 1.29 is 4.79 Å². The van der Waals surface area contributed by atoms with Crippen LogP contribution >= 0.6 is 0 Å². The van der Waals surface area contributed by atoms with Gasteiger partial charge in [-0.1, -0.05) is 19.3 Å². The molecule has 0 spiro atoms. The highest BCUT2D eigenvalue weighted by atomic mass is 16.2. The van der Waals surface area contributed by atoms with E-state index in [1.807, 2.05) is 19.4 Å². The molecule has 1 amide bonds. The smallest absolute Gasteiger partial charge is 0.242 e. The Bertz CT molecular complexity index is 580. The lowest BCUT2D eigenvalue weighted by Gasteiger charge is -2.35. The molecule has 5 heteroatoms. The minimum absolute atomic E-state index is 0.0311. The molecule has 1 aliphatic heterocycles. The Hall–Kier alpha value is -1.83. The van der Waals surface area contributed by atoms with Gasteiger partial charge in [-0.3, -0.25) is 4.79 Å². The van der Waals surface area contributed by atoms with Crippen molar-refractivity contribution in [2.75, 3.05) is 13.6 Å². The predicted octanol–water partition coefficient (Wildman–Crippen LogP) is 2.38. The molecule has 0 bridgehead atoms. The maximum Gasteiger partial charge on any atom is 0.242 e. The van der Waals surface area contributed by atoms with E-state index in [2.05, 4.69) is 15.6 Å². The number of imidazole rings is 1. The first-order valence-electron chi connectivity index (χ1n) is 8.31. The van der Waals surface area contributed by atoms with E-state index in [0.29, 0.717) is 5.92 Å². The molecule has 3 rings (SSSR count). The van der Waals surface area contributed by atoms with E-state index in [-0.39, 0.29) is 5.91 Å². The zero-order valence-electron chi connectivity index (χ0n) is 13.3. The van der Waals surface area contributed by atoms with Crippen LogP contribution in [0.4, 0.5) is 0 Å². The van der Waals surface area contributed by atoms with Crippen molar-refractivity contribution in [1.29, 1.82) is 5.26 Å². The molecule has 5 nitrogen and oxygen atoms in total. The fraction of sp³-hybridized carbons (Fsp3) is 0.706. The van der Waals surface area contributed by atoms with Crippen LogP contribution in [0, 0.1) is 22.7 Å². The first-order valence-corrected chi connectivity index (χ1v) is 8.31. The number of hydrogen-bond acceptors (Lipinski definition) is 3. The number of amides is 1. The largest absolute Gasteiger partial charge is 0.344 e. The quantitative estimate of drug-likeness (QED) is 0.861. The van der Waals surface area contributed by atoms with E-state index < -0.39 is 5.41 Å². The van der Waals surface area contributed by atoms with Gasteiger partial charge in [-0.15, -0.1) is 0 Å². The summed E-state index contributed by atoms with van der Waals surface area (Å²) in [5.74, 6) is 1.59. The van der Waals surface area contributed by atoms with E-state index in [1.54, 1.807) is 4.90 Å². The van der Waals surface area contributed by atoms with Gasteiger partial charge in [0.15, 0.2) is 0 Å². The maximum atomic E-state index is 12.8. The lowest BCUT2D eigenvalue weighted by Crippen LogP contribution is -2.45. The average molecular weight is 300 g/mol. The van der Waals surface area contributed by atoms with Gasteiger partial charge in [-0.25, -0.2) is 4.98 Å². The summed E-state index contributed by atoms with van der Waals surface area (Å²) < 4.78 is 2.19. The number of carbonyl (C=O) groups is 1. The van der Waals surface area contributed by atoms with Gasteiger partial charge in [-0.05, 0) is 25.2 Å². The molecule has 1 atom stereocenters. The summed E-state index contributed by atoms with van der Waals surface area (Å²) in [6, 6.07) is 2.34. The average Bonchev–Trinajstić information content (AvgIpc) is 3.02. The van der Waals surface area contributed by atoms with E-state index in [0.717, 1.165) is 63.9 Å². The summed E-state index contributed by atoms with van der Waals surface area (Å²) in [7, 11) is 1.86. The normalized spacial score (nSPS) is 23.4. The minimum Gasteiger partial charge on any atom is -0.344 e. The second-order valence-corrected chi connectivity index (χ2v) is 6.84. The van der Waals surface area contributed by atoms with E-state index in [1.165, 1.54) is 0 Å². The van der Waals surface area contributed by atoms with Gasteiger partial charge < -0.3 is 9.47 Å². The number of carbonyl (C=O) groups excluding carboxylic acids is 1. The summed E-state index contributed by atoms with van der Waals surface area (Å²) in [6.07, 6.45) is 10.4. The van der Waals surface area contributed by atoms with Crippen LogP contribution < -0.4 is 0 Å². The molecule has 0 saturated heterocycles. The molecule has 1 aliphatic carbocycles. The van der Waals surface area contributed by atoms with Gasteiger partial charge in [0, 0.05) is 39.0 Å².